The Morgan fingerprint density at radius 3 is 1.95 bits per heavy atom. The maximum Gasteiger partial charge on any atom is 0.176 e. The summed E-state index contributed by atoms with van der Waals surface area (Å²) in [6.45, 7) is 3.52. The van der Waals surface area contributed by atoms with E-state index in [9.17, 15) is 8.78 Å². The van der Waals surface area contributed by atoms with Gasteiger partial charge >= 0.3 is 0 Å². The number of hydrogen-bond donors (Lipinski definition) is 0. The molecule has 0 saturated carbocycles. The Labute approximate surface area is 127 Å². The zero-order chi connectivity index (χ0) is 15.5. The fourth-order valence-electron chi connectivity index (χ4n) is 1.81. The van der Waals surface area contributed by atoms with E-state index in [-0.39, 0.29) is 17.7 Å². The lowest BCUT2D eigenvalue weighted by atomic mass is 10.1. The van der Waals surface area contributed by atoms with Crippen molar-refractivity contribution in [3.8, 4) is 0 Å². The first-order valence-electron chi connectivity index (χ1n) is 6.51. The number of halogens is 3. The third-order valence-corrected chi connectivity index (χ3v) is 3.44. The van der Waals surface area contributed by atoms with Crippen molar-refractivity contribution < 1.29 is 8.78 Å². The van der Waals surface area contributed by atoms with E-state index in [0.717, 1.165) is 5.56 Å². The quantitative estimate of drug-likeness (QED) is 0.399. The Kier molecular flexibility index (Phi) is 4.68. The van der Waals surface area contributed by atoms with Crippen LogP contribution in [0.5, 0.6) is 0 Å². The molecule has 2 aromatic rings. The molecule has 0 amide bonds. The molecule has 0 aliphatic carbocycles. The van der Waals surface area contributed by atoms with Gasteiger partial charge in [-0.2, -0.15) is 10.2 Å². The maximum absolute atomic E-state index is 12.9. The highest BCUT2D eigenvalue weighted by atomic mass is 35.5. The van der Waals surface area contributed by atoms with Crippen LogP contribution in [0, 0.1) is 11.6 Å². The molecule has 21 heavy (non-hydrogen) atoms. The van der Waals surface area contributed by atoms with Crippen molar-refractivity contribution in [2.45, 2.75) is 24.9 Å². The van der Waals surface area contributed by atoms with Gasteiger partial charge in [0.15, 0.2) is 5.00 Å². The van der Waals surface area contributed by atoms with Crippen LogP contribution in [0.4, 0.5) is 8.78 Å². The molecule has 0 N–H and O–H groups in total. The number of rotatable bonds is 4. The van der Waals surface area contributed by atoms with Gasteiger partial charge in [0.25, 0.3) is 0 Å². The van der Waals surface area contributed by atoms with Crippen LogP contribution in [0.2, 0.25) is 0 Å². The molecule has 2 nitrogen and oxygen atoms in total. The number of nitrogens with zero attached hydrogens (tertiary/aromatic N) is 2. The molecule has 5 heteroatoms. The molecule has 0 aliphatic rings. The van der Waals surface area contributed by atoms with Crippen LogP contribution in [0.1, 0.15) is 31.0 Å². The predicted octanol–water partition coefficient (Wildman–Crippen LogP) is 5.59. The van der Waals surface area contributed by atoms with Gasteiger partial charge in [0, 0.05) is 0 Å². The van der Waals surface area contributed by atoms with Crippen LogP contribution in [0.15, 0.2) is 58.8 Å². The SMILES string of the molecule is CC(N=NC(C)(Cl)c1ccc(F)cc1)c1ccc(F)cc1. The van der Waals surface area contributed by atoms with Crippen LogP contribution in [-0.4, -0.2) is 0 Å². The Morgan fingerprint density at radius 1 is 0.952 bits per heavy atom. The highest BCUT2D eigenvalue weighted by molar-refractivity contribution is 6.23. The summed E-state index contributed by atoms with van der Waals surface area (Å²) in [5, 5.41) is 8.30. The fraction of sp³-hybridized carbons (Fsp3) is 0.250. The van der Waals surface area contributed by atoms with E-state index >= 15 is 0 Å². The highest BCUT2D eigenvalue weighted by Gasteiger charge is 2.23. The lowest BCUT2D eigenvalue weighted by Gasteiger charge is -2.17. The average Bonchev–Trinajstić information content (AvgIpc) is 2.46. The molecule has 2 atom stereocenters. The molecule has 0 spiro atoms. The van der Waals surface area contributed by atoms with Crippen molar-refractivity contribution in [2.75, 3.05) is 0 Å². The average molecular weight is 309 g/mol. The number of benzene rings is 2. The monoisotopic (exact) mass is 308 g/mol. The topological polar surface area (TPSA) is 24.7 Å². The molecule has 2 unspecified atom stereocenters. The van der Waals surface area contributed by atoms with Gasteiger partial charge in [-0.1, -0.05) is 35.9 Å². The second kappa shape index (κ2) is 6.31. The van der Waals surface area contributed by atoms with E-state index in [1.807, 2.05) is 6.92 Å². The largest absolute Gasteiger partial charge is 0.207 e. The van der Waals surface area contributed by atoms with E-state index in [0.29, 0.717) is 5.56 Å². The smallest absolute Gasteiger partial charge is 0.176 e. The van der Waals surface area contributed by atoms with Crippen LogP contribution in [0.3, 0.4) is 0 Å². The zero-order valence-corrected chi connectivity index (χ0v) is 12.5. The van der Waals surface area contributed by atoms with Crippen LogP contribution >= 0.6 is 11.6 Å². The standard InChI is InChI=1S/C16H15ClF2N2/c1-11(12-3-7-14(18)8-4-12)20-21-16(2,17)13-5-9-15(19)10-6-13/h3-11H,1-2H3. The molecule has 0 aromatic heterocycles. The van der Waals surface area contributed by atoms with Gasteiger partial charge in [-0.15, -0.1) is 0 Å². The minimum atomic E-state index is -1.07. The minimum Gasteiger partial charge on any atom is -0.207 e. The molecule has 110 valence electrons. The molecule has 2 aromatic carbocycles. The summed E-state index contributed by atoms with van der Waals surface area (Å²) in [4.78, 5) is -1.07. The van der Waals surface area contributed by atoms with Gasteiger partial charge < -0.3 is 0 Å². The van der Waals surface area contributed by atoms with Crippen molar-refractivity contribution in [1.29, 1.82) is 0 Å². The molecule has 0 bridgehead atoms. The number of hydrogen-bond acceptors (Lipinski definition) is 2. The maximum atomic E-state index is 12.9. The Hall–Kier alpha value is -1.81. The van der Waals surface area contributed by atoms with Gasteiger partial charge in [-0.25, -0.2) is 8.78 Å². The van der Waals surface area contributed by atoms with Crippen molar-refractivity contribution in [3.05, 3.63) is 71.3 Å². The summed E-state index contributed by atoms with van der Waals surface area (Å²) < 4.78 is 25.8. The first-order chi connectivity index (χ1) is 9.88. The molecular formula is C16H15ClF2N2. The Morgan fingerprint density at radius 2 is 1.43 bits per heavy atom. The van der Waals surface area contributed by atoms with E-state index in [2.05, 4.69) is 10.2 Å². The van der Waals surface area contributed by atoms with Crippen molar-refractivity contribution >= 4 is 11.6 Å². The molecule has 0 fully saturated rings. The fourth-order valence-corrected chi connectivity index (χ4v) is 1.98. The molecule has 0 aliphatic heterocycles. The van der Waals surface area contributed by atoms with Gasteiger partial charge in [0.2, 0.25) is 0 Å². The molecule has 2 rings (SSSR count). The van der Waals surface area contributed by atoms with Crippen LogP contribution in [0.25, 0.3) is 0 Å². The normalized spacial score (nSPS) is 15.9. The Balaban J connectivity index is 2.15. The third-order valence-electron chi connectivity index (χ3n) is 3.14. The van der Waals surface area contributed by atoms with Gasteiger partial charge in [-0.05, 0) is 49.2 Å². The second-order valence-corrected chi connectivity index (χ2v) is 5.64. The highest BCUT2D eigenvalue weighted by Crippen LogP contribution is 2.32. The Bertz CT molecular complexity index is 622. The zero-order valence-electron chi connectivity index (χ0n) is 11.7. The van der Waals surface area contributed by atoms with E-state index in [4.69, 9.17) is 11.6 Å². The third kappa shape index (κ3) is 4.08. The van der Waals surface area contributed by atoms with E-state index in [1.165, 1.54) is 24.3 Å². The second-order valence-electron chi connectivity index (χ2n) is 4.90. The van der Waals surface area contributed by atoms with Crippen LogP contribution in [-0.2, 0) is 5.00 Å². The van der Waals surface area contributed by atoms with Crippen molar-refractivity contribution in [1.82, 2.24) is 0 Å². The molecule has 0 saturated heterocycles. The molecule has 0 radical (unpaired) electrons. The lowest BCUT2D eigenvalue weighted by Crippen LogP contribution is -2.09. The summed E-state index contributed by atoms with van der Waals surface area (Å²) in [5.74, 6) is -0.626. The molecular weight excluding hydrogens is 294 g/mol. The van der Waals surface area contributed by atoms with E-state index in [1.54, 1.807) is 31.2 Å². The van der Waals surface area contributed by atoms with Crippen molar-refractivity contribution in [3.63, 3.8) is 0 Å². The first kappa shape index (κ1) is 15.6. The summed E-state index contributed by atoms with van der Waals surface area (Å²) in [6, 6.07) is 11.6. The van der Waals surface area contributed by atoms with Crippen molar-refractivity contribution in [2.24, 2.45) is 10.2 Å². The van der Waals surface area contributed by atoms with Gasteiger partial charge in [-0.3, -0.25) is 0 Å². The van der Waals surface area contributed by atoms with Gasteiger partial charge in [0.05, 0.1) is 6.04 Å². The van der Waals surface area contributed by atoms with E-state index < -0.39 is 5.00 Å². The summed E-state index contributed by atoms with van der Waals surface area (Å²) >= 11 is 6.33. The first-order valence-corrected chi connectivity index (χ1v) is 6.89. The summed E-state index contributed by atoms with van der Waals surface area (Å²) in [6.07, 6.45) is 0. The number of alkyl halides is 1. The lowest BCUT2D eigenvalue weighted by molar-refractivity contribution is 0.600. The van der Waals surface area contributed by atoms with Crippen LogP contribution < -0.4 is 0 Å². The minimum absolute atomic E-state index is 0.246. The predicted molar refractivity (Wildman–Crippen MR) is 79.3 cm³/mol. The summed E-state index contributed by atoms with van der Waals surface area (Å²) in [5.41, 5.74) is 1.49. The summed E-state index contributed by atoms with van der Waals surface area (Å²) in [7, 11) is 0. The molecule has 0 heterocycles. The number of azo groups is 1. The van der Waals surface area contributed by atoms with Gasteiger partial charge in [0.1, 0.15) is 11.6 Å².